The van der Waals surface area contributed by atoms with Crippen LogP contribution in [0.3, 0.4) is 0 Å². The van der Waals surface area contributed by atoms with Crippen molar-refractivity contribution < 1.29 is 4.74 Å². The van der Waals surface area contributed by atoms with E-state index in [1.54, 1.807) is 6.20 Å². The number of aromatic nitrogens is 2. The summed E-state index contributed by atoms with van der Waals surface area (Å²) in [6.07, 6.45) is 2.38. The highest BCUT2D eigenvalue weighted by Crippen LogP contribution is 2.31. The first kappa shape index (κ1) is 15.5. The summed E-state index contributed by atoms with van der Waals surface area (Å²) in [5.74, 6) is 0.627. The Morgan fingerprint density at radius 2 is 2.19 bits per heavy atom. The number of nitrogens with zero attached hydrogens (tertiary/aromatic N) is 3. The number of hydrogen-bond acceptors (Lipinski definition) is 5. The van der Waals surface area contributed by atoms with Crippen molar-refractivity contribution in [2.75, 3.05) is 25.1 Å². The number of anilines is 2. The van der Waals surface area contributed by atoms with Gasteiger partial charge < -0.3 is 15.4 Å². The molecule has 6 heteroatoms. The summed E-state index contributed by atoms with van der Waals surface area (Å²) in [5.41, 5.74) is 7.83. The molecular formula is C15H19ClN4O. The van der Waals surface area contributed by atoms with Crippen LogP contribution in [0.2, 0.25) is 5.02 Å². The average molecular weight is 307 g/mol. The fourth-order valence-corrected chi connectivity index (χ4v) is 2.23. The van der Waals surface area contributed by atoms with E-state index in [9.17, 15) is 0 Å². The van der Waals surface area contributed by atoms with Gasteiger partial charge in [-0.25, -0.2) is 4.98 Å². The minimum absolute atomic E-state index is 0.291. The average Bonchev–Trinajstić information content (AvgIpc) is 2.49. The molecule has 2 aromatic rings. The highest BCUT2D eigenvalue weighted by Gasteiger charge is 2.16. The van der Waals surface area contributed by atoms with Gasteiger partial charge >= 0.3 is 6.01 Å². The van der Waals surface area contributed by atoms with E-state index in [-0.39, 0.29) is 0 Å². The number of hydrogen-bond donors (Lipinski definition) is 1. The van der Waals surface area contributed by atoms with Gasteiger partial charge in [-0.3, -0.25) is 0 Å². The SMILES string of the molecule is COc1ncc(Cl)c(N(CCCN)c2cccc(C)c2)n1. The van der Waals surface area contributed by atoms with Gasteiger partial charge in [0.15, 0.2) is 5.82 Å². The number of methoxy groups -OCH3 is 1. The first-order valence-electron chi connectivity index (χ1n) is 6.76. The van der Waals surface area contributed by atoms with E-state index >= 15 is 0 Å². The molecule has 2 N–H and O–H groups in total. The topological polar surface area (TPSA) is 64.3 Å². The first-order valence-corrected chi connectivity index (χ1v) is 7.14. The van der Waals surface area contributed by atoms with Crippen LogP contribution in [0.5, 0.6) is 6.01 Å². The van der Waals surface area contributed by atoms with Crippen LogP contribution in [0.4, 0.5) is 11.5 Å². The van der Waals surface area contributed by atoms with Gasteiger partial charge in [0.1, 0.15) is 5.02 Å². The lowest BCUT2D eigenvalue weighted by Crippen LogP contribution is -2.22. The zero-order valence-corrected chi connectivity index (χ0v) is 13.0. The van der Waals surface area contributed by atoms with Crippen LogP contribution in [-0.4, -0.2) is 30.2 Å². The van der Waals surface area contributed by atoms with Gasteiger partial charge in [-0.05, 0) is 37.6 Å². The Labute approximate surface area is 129 Å². The van der Waals surface area contributed by atoms with Crippen molar-refractivity contribution in [2.45, 2.75) is 13.3 Å². The summed E-state index contributed by atoms with van der Waals surface area (Å²) in [4.78, 5) is 10.4. The van der Waals surface area contributed by atoms with Crippen molar-refractivity contribution >= 4 is 23.1 Å². The first-order chi connectivity index (χ1) is 10.2. The van der Waals surface area contributed by atoms with Gasteiger partial charge in [0.2, 0.25) is 0 Å². The van der Waals surface area contributed by atoms with E-state index in [0.717, 1.165) is 18.7 Å². The molecule has 0 radical (unpaired) electrons. The van der Waals surface area contributed by atoms with Crippen LogP contribution >= 0.6 is 11.6 Å². The molecule has 0 aliphatic heterocycles. The smallest absolute Gasteiger partial charge is 0.318 e. The van der Waals surface area contributed by atoms with Crippen molar-refractivity contribution in [2.24, 2.45) is 5.73 Å². The Balaban J connectivity index is 2.44. The molecule has 0 fully saturated rings. The monoisotopic (exact) mass is 306 g/mol. The van der Waals surface area contributed by atoms with Crippen LogP contribution in [0.25, 0.3) is 0 Å². The minimum atomic E-state index is 0.291. The van der Waals surface area contributed by atoms with Crippen molar-refractivity contribution in [1.82, 2.24) is 9.97 Å². The second kappa shape index (κ2) is 7.24. The van der Waals surface area contributed by atoms with Gasteiger partial charge in [-0.2, -0.15) is 4.98 Å². The van der Waals surface area contributed by atoms with Crippen molar-refractivity contribution in [3.05, 3.63) is 41.0 Å². The van der Waals surface area contributed by atoms with E-state index < -0.39 is 0 Å². The maximum absolute atomic E-state index is 6.26. The Morgan fingerprint density at radius 3 is 2.86 bits per heavy atom. The van der Waals surface area contributed by atoms with Crippen LogP contribution in [0.1, 0.15) is 12.0 Å². The Morgan fingerprint density at radius 1 is 1.38 bits per heavy atom. The minimum Gasteiger partial charge on any atom is -0.467 e. The molecule has 21 heavy (non-hydrogen) atoms. The molecule has 112 valence electrons. The normalized spacial score (nSPS) is 10.5. The fourth-order valence-electron chi connectivity index (χ4n) is 2.03. The number of rotatable bonds is 6. The number of halogens is 1. The van der Waals surface area contributed by atoms with Crippen LogP contribution < -0.4 is 15.4 Å². The number of aryl methyl sites for hydroxylation is 1. The third-order valence-corrected chi connectivity index (χ3v) is 3.31. The maximum Gasteiger partial charge on any atom is 0.318 e. The van der Waals surface area contributed by atoms with Crippen LogP contribution in [-0.2, 0) is 0 Å². The van der Waals surface area contributed by atoms with Gasteiger partial charge in [-0.1, -0.05) is 23.7 Å². The third-order valence-electron chi connectivity index (χ3n) is 3.04. The van der Waals surface area contributed by atoms with Crippen LogP contribution in [0, 0.1) is 6.92 Å². The van der Waals surface area contributed by atoms with Crippen molar-refractivity contribution in [1.29, 1.82) is 0 Å². The zero-order chi connectivity index (χ0) is 15.2. The quantitative estimate of drug-likeness (QED) is 0.889. The van der Waals surface area contributed by atoms with E-state index in [1.165, 1.54) is 12.7 Å². The Kier molecular flexibility index (Phi) is 5.36. The predicted molar refractivity (Wildman–Crippen MR) is 85.5 cm³/mol. The number of benzene rings is 1. The second-order valence-electron chi connectivity index (χ2n) is 4.66. The van der Waals surface area contributed by atoms with Crippen LogP contribution in [0.15, 0.2) is 30.5 Å². The molecule has 1 aromatic heterocycles. The highest BCUT2D eigenvalue weighted by molar-refractivity contribution is 6.33. The lowest BCUT2D eigenvalue weighted by Gasteiger charge is -2.25. The molecule has 0 bridgehead atoms. The fraction of sp³-hybridized carbons (Fsp3) is 0.333. The molecule has 0 atom stereocenters. The lowest BCUT2D eigenvalue weighted by atomic mass is 10.2. The highest BCUT2D eigenvalue weighted by atomic mass is 35.5. The number of nitrogens with two attached hydrogens (primary N) is 1. The molecule has 0 saturated heterocycles. The molecule has 0 aliphatic carbocycles. The van der Waals surface area contributed by atoms with Crippen molar-refractivity contribution in [3.8, 4) is 6.01 Å². The van der Waals surface area contributed by atoms with E-state index in [2.05, 4.69) is 16.0 Å². The molecule has 0 unspecified atom stereocenters. The van der Waals surface area contributed by atoms with Gasteiger partial charge in [0.05, 0.1) is 13.3 Å². The summed E-state index contributed by atoms with van der Waals surface area (Å²) in [5, 5.41) is 0.481. The largest absolute Gasteiger partial charge is 0.467 e. The molecule has 1 aromatic carbocycles. The lowest BCUT2D eigenvalue weighted by molar-refractivity contribution is 0.380. The molecule has 5 nitrogen and oxygen atoms in total. The summed E-state index contributed by atoms with van der Waals surface area (Å²) in [7, 11) is 1.53. The Bertz CT molecular complexity index is 606. The summed E-state index contributed by atoms with van der Waals surface area (Å²) >= 11 is 6.26. The van der Waals surface area contributed by atoms with Gasteiger partial charge in [0, 0.05) is 12.2 Å². The summed E-state index contributed by atoms with van der Waals surface area (Å²) < 4.78 is 5.09. The van der Waals surface area contributed by atoms with E-state index in [1.807, 2.05) is 30.0 Å². The van der Waals surface area contributed by atoms with Gasteiger partial charge in [-0.15, -0.1) is 0 Å². The van der Waals surface area contributed by atoms with Crippen molar-refractivity contribution in [3.63, 3.8) is 0 Å². The second-order valence-corrected chi connectivity index (χ2v) is 5.07. The molecule has 2 rings (SSSR count). The van der Waals surface area contributed by atoms with Gasteiger partial charge in [0.25, 0.3) is 0 Å². The summed E-state index contributed by atoms with van der Waals surface area (Å²) in [6.45, 7) is 3.37. The molecule has 0 aliphatic rings. The molecule has 0 spiro atoms. The molecule has 1 heterocycles. The predicted octanol–water partition coefficient (Wildman–Crippen LogP) is 2.93. The van der Waals surface area contributed by atoms with E-state index in [0.29, 0.717) is 23.4 Å². The molecule has 0 saturated carbocycles. The zero-order valence-electron chi connectivity index (χ0n) is 12.2. The maximum atomic E-state index is 6.26. The molecular weight excluding hydrogens is 288 g/mol. The van der Waals surface area contributed by atoms with E-state index in [4.69, 9.17) is 22.1 Å². The molecule has 0 amide bonds. The Hall–Kier alpha value is -1.85. The number of ether oxygens (including phenoxy) is 1. The summed E-state index contributed by atoms with van der Waals surface area (Å²) in [6, 6.07) is 8.45. The standard InChI is InChI=1S/C15H19ClN4O/c1-11-5-3-6-12(9-11)20(8-4-7-17)14-13(16)10-18-15(19-14)21-2/h3,5-6,9-10H,4,7-8,17H2,1-2H3. The third kappa shape index (κ3) is 3.83.